The van der Waals surface area contributed by atoms with E-state index in [1.165, 1.54) is 32.1 Å². The molecule has 0 aromatic carbocycles. The molecular weight excluding hydrogens is 254 g/mol. The van der Waals surface area contributed by atoms with Gasteiger partial charge in [0, 0.05) is 18.5 Å². The minimum atomic E-state index is -0.179. The third-order valence-corrected chi connectivity index (χ3v) is 5.09. The largest absolute Gasteiger partial charge is 0.314 e. The molecule has 3 rings (SSSR count). The van der Waals surface area contributed by atoms with Crippen LogP contribution in [0.2, 0.25) is 0 Å². The second-order valence-electron chi connectivity index (χ2n) is 6.43. The molecule has 0 radical (unpaired) electrons. The van der Waals surface area contributed by atoms with Gasteiger partial charge >= 0.3 is 0 Å². The summed E-state index contributed by atoms with van der Waals surface area (Å²) in [5, 5.41) is 9.62. The Morgan fingerprint density at radius 1 is 1.00 bits per heavy atom. The molecule has 2 aliphatic heterocycles. The second-order valence-corrected chi connectivity index (χ2v) is 6.43. The monoisotopic (exact) mass is 279 g/mol. The molecular formula is C15H25N3O2. The van der Waals surface area contributed by atoms with Gasteiger partial charge in [-0.05, 0) is 44.6 Å². The van der Waals surface area contributed by atoms with Crippen LogP contribution in [-0.2, 0) is 9.59 Å². The number of carbonyl (C=O) groups is 2. The van der Waals surface area contributed by atoms with Gasteiger partial charge in [-0.3, -0.25) is 14.9 Å². The highest BCUT2D eigenvalue weighted by Gasteiger charge is 2.37. The Balaban J connectivity index is 1.58. The van der Waals surface area contributed by atoms with Gasteiger partial charge in [0.05, 0.1) is 6.04 Å². The van der Waals surface area contributed by atoms with Crippen LogP contribution < -0.4 is 16.0 Å². The second kappa shape index (κ2) is 6.22. The van der Waals surface area contributed by atoms with Crippen LogP contribution >= 0.6 is 0 Å². The number of rotatable bonds is 3. The highest BCUT2D eigenvalue weighted by Crippen LogP contribution is 2.32. The molecule has 3 aliphatic rings. The highest BCUT2D eigenvalue weighted by atomic mass is 16.2. The van der Waals surface area contributed by atoms with Crippen LogP contribution in [0.25, 0.3) is 0 Å². The van der Waals surface area contributed by atoms with Crippen LogP contribution in [0.3, 0.4) is 0 Å². The molecule has 4 unspecified atom stereocenters. The lowest BCUT2D eigenvalue weighted by Gasteiger charge is -2.35. The van der Waals surface area contributed by atoms with Gasteiger partial charge in [0.1, 0.15) is 0 Å². The third-order valence-electron chi connectivity index (χ3n) is 5.09. The van der Waals surface area contributed by atoms with Crippen LogP contribution in [0.4, 0.5) is 0 Å². The molecule has 5 heteroatoms. The zero-order valence-corrected chi connectivity index (χ0v) is 12.0. The van der Waals surface area contributed by atoms with Crippen molar-refractivity contribution in [2.75, 3.05) is 6.54 Å². The summed E-state index contributed by atoms with van der Waals surface area (Å²) in [5.74, 6) is 0.370. The number of hydrogen-bond donors (Lipinski definition) is 3. The Hall–Kier alpha value is -0.940. The summed E-state index contributed by atoms with van der Waals surface area (Å²) in [6, 6.07) is 0.855. The van der Waals surface area contributed by atoms with Crippen molar-refractivity contribution >= 4 is 11.8 Å². The zero-order valence-electron chi connectivity index (χ0n) is 12.0. The zero-order chi connectivity index (χ0) is 13.9. The molecule has 1 saturated carbocycles. The molecule has 5 nitrogen and oxygen atoms in total. The van der Waals surface area contributed by atoms with E-state index in [-0.39, 0.29) is 17.9 Å². The van der Waals surface area contributed by atoms with Gasteiger partial charge in [-0.2, -0.15) is 0 Å². The van der Waals surface area contributed by atoms with Crippen molar-refractivity contribution < 1.29 is 9.59 Å². The van der Waals surface area contributed by atoms with E-state index in [9.17, 15) is 9.59 Å². The number of imide groups is 1. The minimum Gasteiger partial charge on any atom is -0.314 e. The molecule has 3 fully saturated rings. The van der Waals surface area contributed by atoms with Gasteiger partial charge in [-0.1, -0.05) is 12.8 Å². The molecule has 2 saturated heterocycles. The van der Waals surface area contributed by atoms with Crippen molar-refractivity contribution in [3.63, 3.8) is 0 Å². The van der Waals surface area contributed by atoms with E-state index in [2.05, 4.69) is 16.0 Å². The maximum atomic E-state index is 11.9. The molecule has 1 aliphatic carbocycles. The first-order chi connectivity index (χ1) is 9.74. The van der Waals surface area contributed by atoms with Gasteiger partial charge in [0.2, 0.25) is 11.8 Å². The third kappa shape index (κ3) is 3.04. The lowest BCUT2D eigenvalue weighted by atomic mass is 9.87. The molecule has 2 heterocycles. The number of amides is 2. The molecule has 20 heavy (non-hydrogen) atoms. The fourth-order valence-corrected chi connectivity index (χ4v) is 4.03. The summed E-state index contributed by atoms with van der Waals surface area (Å²) in [5.41, 5.74) is 0. The number of nitrogens with one attached hydrogen (secondary N) is 3. The fourth-order valence-electron chi connectivity index (χ4n) is 4.03. The molecule has 112 valence electrons. The first-order valence-corrected chi connectivity index (χ1v) is 8.07. The van der Waals surface area contributed by atoms with Crippen molar-refractivity contribution in [3.05, 3.63) is 0 Å². The number of piperidine rings is 2. The smallest absolute Gasteiger partial charge is 0.243 e. The molecule has 0 aromatic heterocycles. The predicted octanol–water partition coefficient (Wildman–Crippen LogP) is 0.692. The Bertz CT molecular complexity index is 379. The van der Waals surface area contributed by atoms with Crippen LogP contribution in [0.1, 0.15) is 51.4 Å². The van der Waals surface area contributed by atoms with Crippen molar-refractivity contribution in [1.29, 1.82) is 0 Å². The first-order valence-electron chi connectivity index (χ1n) is 8.07. The van der Waals surface area contributed by atoms with E-state index >= 15 is 0 Å². The summed E-state index contributed by atoms with van der Waals surface area (Å²) in [4.78, 5) is 23.1. The quantitative estimate of drug-likeness (QED) is 0.665. The Kier molecular flexibility index (Phi) is 4.36. The highest BCUT2D eigenvalue weighted by molar-refractivity contribution is 6.00. The SMILES string of the molecule is O=C1CCC(NC2CCCC2C2CCCCN2)C(=O)N1. The molecule has 0 aromatic rings. The molecule has 4 atom stereocenters. The van der Waals surface area contributed by atoms with Crippen molar-refractivity contribution in [1.82, 2.24) is 16.0 Å². The molecule has 2 amide bonds. The van der Waals surface area contributed by atoms with E-state index in [1.807, 2.05) is 0 Å². The Morgan fingerprint density at radius 2 is 1.90 bits per heavy atom. The molecule has 3 N–H and O–H groups in total. The number of hydrogen-bond acceptors (Lipinski definition) is 4. The maximum Gasteiger partial charge on any atom is 0.243 e. The van der Waals surface area contributed by atoms with Gasteiger partial charge < -0.3 is 10.6 Å². The van der Waals surface area contributed by atoms with E-state index < -0.39 is 0 Å². The Labute approximate surface area is 120 Å². The van der Waals surface area contributed by atoms with Crippen LogP contribution in [0.15, 0.2) is 0 Å². The average Bonchev–Trinajstić information content (AvgIpc) is 2.91. The topological polar surface area (TPSA) is 70.2 Å². The number of carbonyl (C=O) groups excluding carboxylic acids is 2. The van der Waals surface area contributed by atoms with Crippen LogP contribution in [0.5, 0.6) is 0 Å². The summed E-state index contributed by atoms with van der Waals surface area (Å²) in [7, 11) is 0. The van der Waals surface area contributed by atoms with Crippen molar-refractivity contribution in [2.45, 2.75) is 69.5 Å². The lowest BCUT2D eigenvalue weighted by Crippen LogP contribution is -2.56. The van der Waals surface area contributed by atoms with E-state index in [4.69, 9.17) is 0 Å². The van der Waals surface area contributed by atoms with Crippen LogP contribution in [0, 0.1) is 5.92 Å². The van der Waals surface area contributed by atoms with Gasteiger partial charge in [0.15, 0.2) is 0 Å². The van der Waals surface area contributed by atoms with Crippen LogP contribution in [-0.4, -0.2) is 36.5 Å². The molecule has 0 bridgehead atoms. The predicted molar refractivity (Wildman–Crippen MR) is 76.1 cm³/mol. The minimum absolute atomic E-state index is 0.134. The Morgan fingerprint density at radius 3 is 2.65 bits per heavy atom. The lowest BCUT2D eigenvalue weighted by molar-refractivity contribution is -0.135. The summed E-state index contributed by atoms with van der Waals surface area (Å²) >= 11 is 0. The van der Waals surface area contributed by atoms with Crippen molar-refractivity contribution in [3.8, 4) is 0 Å². The summed E-state index contributed by atoms with van der Waals surface area (Å²) < 4.78 is 0. The van der Waals surface area contributed by atoms with Gasteiger partial charge in [0.25, 0.3) is 0 Å². The van der Waals surface area contributed by atoms with E-state index in [0.29, 0.717) is 30.8 Å². The maximum absolute atomic E-state index is 11.9. The van der Waals surface area contributed by atoms with E-state index in [0.717, 1.165) is 13.0 Å². The average molecular weight is 279 g/mol. The first kappa shape index (κ1) is 14.0. The molecule has 0 spiro atoms. The fraction of sp³-hybridized carbons (Fsp3) is 0.867. The van der Waals surface area contributed by atoms with E-state index in [1.54, 1.807) is 0 Å². The normalized spacial score (nSPS) is 38.8. The van der Waals surface area contributed by atoms with Crippen molar-refractivity contribution in [2.24, 2.45) is 5.92 Å². The van der Waals surface area contributed by atoms with Gasteiger partial charge in [-0.25, -0.2) is 0 Å². The summed E-state index contributed by atoms with van der Waals surface area (Å²) in [6.07, 6.45) is 8.62. The standard InChI is InChI=1S/C15H25N3O2/c19-14-8-7-13(15(20)18-14)17-12-6-3-4-10(12)11-5-1-2-9-16-11/h10-13,16-17H,1-9H2,(H,18,19,20). The van der Waals surface area contributed by atoms with Gasteiger partial charge in [-0.15, -0.1) is 0 Å². The summed E-state index contributed by atoms with van der Waals surface area (Å²) in [6.45, 7) is 1.13.